The quantitative estimate of drug-likeness (QED) is 0.700. The van der Waals surface area contributed by atoms with Gasteiger partial charge in [0, 0.05) is 31.7 Å². The van der Waals surface area contributed by atoms with Gasteiger partial charge in [-0.2, -0.15) is 5.10 Å². The fourth-order valence-electron chi connectivity index (χ4n) is 1.69. The lowest BCUT2D eigenvalue weighted by Crippen LogP contribution is -2.39. The highest BCUT2D eigenvalue weighted by Crippen LogP contribution is 2.08. The number of hydrogen-bond donors (Lipinski definition) is 3. The van der Waals surface area contributed by atoms with Crippen LogP contribution >= 0.6 is 0 Å². The zero-order valence-corrected chi connectivity index (χ0v) is 11.7. The van der Waals surface area contributed by atoms with Crippen molar-refractivity contribution in [2.75, 3.05) is 5.73 Å². The first-order valence-corrected chi connectivity index (χ1v) is 6.19. The molecular weight excluding hydrogens is 246 g/mol. The van der Waals surface area contributed by atoms with Crippen LogP contribution in [-0.2, 0) is 11.8 Å². The third-order valence-electron chi connectivity index (χ3n) is 2.42. The molecule has 4 N–H and O–H groups in total. The summed E-state index contributed by atoms with van der Waals surface area (Å²) >= 11 is 0. The third-order valence-corrected chi connectivity index (χ3v) is 2.42. The molecule has 106 valence electrons. The van der Waals surface area contributed by atoms with E-state index < -0.39 is 0 Å². The second-order valence-corrected chi connectivity index (χ2v) is 4.90. The van der Waals surface area contributed by atoms with E-state index in [0.29, 0.717) is 5.56 Å². The van der Waals surface area contributed by atoms with E-state index in [9.17, 15) is 9.59 Å². The molecule has 0 fully saturated rings. The fourth-order valence-corrected chi connectivity index (χ4v) is 1.69. The number of carbonyl (C=O) groups is 2. The zero-order valence-electron chi connectivity index (χ0n) is 11.7. The van der Waals surface area contributed by atoms with Gasteiger partial charge in [0.2, 0.25) is 5.91 Å². The van der Waals surface area contributed by atoms with Crippen molar-refractivity contribution in [2.24, 2.45) is 7.05 Å². The maximum Gasteiger partial charge on any atom is 0.256 e. The van der Waals surface area contributed by atoms with E-state index in [2.05, 4.69) is 15.7 Å². The van der Waals surface area contributed by atoms with E-state index in [1.807, 2.05) is 13.8 Å². The Bertz CT molecular complexity index is 467. The molecule has 0 bridgehead atoms. The van der Waals surface area contributed by atoms with Crippen LogP contribution in [0.5, 0.6) is 0 Å². The van der Waals surface area contributed by atoms with Gasteiger partial charge in [-0.15, -0.1) is 0 Å². The maximum atomic E-state index is 11.9. The van der Waals surface area contributed by atoms with Crippen LogP contribution in [0.15, 0.2) is 6.20 Å². The van der Waals surface area contributed by atoms with Crippen molar-refractivity contribution in [2.45, 2.75) is 39.3 Å². The first-order valence-electron chi connectivity index (χ1n) is 6.19. The van der Waals surface area contributed by atoms with Crippen molar-refractivity contribution in [3.8, 4) is 0 Å². The third kappa shape index (κ3) is 4.61. The summed E-state index contributed by atoms with van der Waals surface area (Å²) in [6.45, 7) is 5.54. The minimum Gasteiger partial charge on any atom is -0.382 e. The van der Waals surface area contributed by atoms with Gasteiger partial charge in [-0.1, -0.05) is 0 Å². The van der Waals surface area contributed by atoms with Crippen LogP contribution in [-0.4, -0.2) is 33.7 Å². The Morgan fingerprint density at radius 1 is 1.37 bits per heavy atom. The molecule has 2 amide bonds. The van der Waals surface area contributed by atoms with Crippen LogP contribution in [0.1, 0.15) is 37.6 Å². The van der Waals surface area contributed by atoms with Crippen molar-refractivity contribution >= 4 is 17.6 Å². The van der Waals surface area contributed by atoms with Gasteiger partial charge < -0.3 is 16.4 Å². The summed E-state index contributed by atoms with van der Waals surface area (Å²) in [7, 11) is 1.69. The summed E-state index contributed by atoms with van der Waals surface area (Å²) in [4.78, 5) is 23.5. The number of nitrogens with two attached hydrogens (primary N) is 1. The van der Waals surface area contributed by atoms with Crippen LogP contribution < -0.4 is 16.4 Å². The molecule has 19 heavy (non-hydrogen) atoms. The molecule has 1 heterocycles. The normalized spacial score (nSPS) is 12.3. The van der Waals surface area contributed by atoms with E-state index in [4.69, 9.17) is 5.73 Å². The molecule has 0 saturated heterocycles. The smallest absolute Gasteiger partial charge is 0.256 e. The molecule has 0 spiro atoms. The van der Waals surface area contributed by atoms with Gasteiger partial charge in [0.15, 0.2) is 5.82 Å². The lowest BCUT2D eigenvalue weighted by Gasteiger charge is -2.14. The molecule has 1 unspecified atom stereocenters. The highest BCUT2D eigenvalue weighted by molar-refractivity contribution is 5.98. The average Bonchev–Trinajstić information content (AvgIpc) is 2.55. The predicted molar refractivity (Wildman–Crippen MR) is 72.4 cm³/mol. The number of nitrogens with one attached hydrogen (secondary N) is 2. The number of aryl methyl sites for hydroxylation is 1. The van der Waals surface area contributed by atoms with Crippen molar-refractivity contribution in [1.82, 2.24) is 20.4 Å². The molecule has 1 atom stereocenters. The first kappa shape index (κ1) is 15.0. The molecule has 0 aliphatic rings. The average molecular weight is 267 g/mol. The molecule has 0 saturated carbocycles. The van der Waals surface area contributed by atoms with E-state index in [1.165, 1.54) is 4.68 Å². The van der Waals surface area contributed by atoms with E-state index in [0.717, 1.165) is 0 Å². The Morgan fingerprint density at radius 2 is 2.00 bits per heavy atom. The van der Waals surface area contributed by atoms with Crippen molar-refractivity contribution in [1.29, 1.82) is 0 Å². The second kappa shape index (κ2) is 6.21. The van der Waals surface area contributed by atoms with Gasteiger partial charge in [-0.25, -0.2) is 0 Å². The molecule has 0 aliphatic heterocycles. The van der Waals surface area contributed by atoms with Crippen LogP contribution in [0.3, 0.4) is 0 Å². The molecule has 0 aromatic carbocycles. The Labute approximate surface area is 112 Å². The summed E-state index contributed by atoms with van der Waals surface area (Å²) in [6, 6.07) is -0.185. The lowest BCUT2D eigenvalue weighted by molar-refractivity contribution is -0.121. The first-order chi connectivity index (χ1) is 8.79. The van der Waals surface area contributed by atoms with Gasteiger partial charge >= 0.3 is 0 Å². The number of anilines is 1. The Morgan fingerprint density at radius 3 is 2.47 bits per heavy atom. The molecule has 7 heteroatoms. The van der Waals surface area contributed by atoms with Crippen LogP contribution in [0.25, 0.3) is 0 Å². The fraction of sp³-hybridized carbons (Fsp3) is 0.583. The number of amides is 2. The van der Waals surface area contributed by atoms with Gasteiger partial charge in [0.25, 0.3) is 5.91 Å². The lowest BCUT2D eigenvalue weighted by atomic mass is 10.2. The van der Waals surface area contributed by atoms with Gasteiger partial charge in [-0.05, 0) is 20.8 Å². The molecule has 0 radical (unpaired) electrons. The minimum absolute atomic E-state index is 0.0874. The molecule has 7 nitrogen and oxygen atoms in total. The predicted octanol–water partition coefficient (Wildman–Crippen LogP) is 0.0353. The second-order valence-electron chi connectivity index (χ2n) is 4.90. The summed E-state index contributed by atoms with van der Waals surface area (Å²) in [5.74, 6) is -0.240. The SMILES string of the molecule is CC(C)NC(=O)CC(C)NC(=O)c1cn(C)nc1N. The molecular formula is C12H21N5O2. The van der Waals surface area contributed by atoms with E-state index in [-0.39, 0.29) is 36.1 Å². The highest BCUT2D eigenvalue weighted by Gasteiger charge is 2.17. The highest BCUT2D eigenvalue weighted by atomic mass is 16.2. The number of hydrogen-bond acceptors (Lipinski definition) is 4. The molecule has 0 aliphatic carbocycles. The van der Waals surface area contributed by atoms with Crippen molar-refractivity contribution in [3.63, 3.8) is 0 Å². The number of nitrogens with zero attached hydrogens (tertiary/aromatic N) is 2. The van der Waals surface area contributed by atoms with Crippen LogP contribution in [0.2, 0.25) is 0 Å². The number of nitrogen functional groups attached to an aromatic ring is 1. The zero-order chi connectivity index (χ0) is 14.6. The van der Waals surface area contributed by atoms with E-state index in [1.54, 1.807) is 20.2 Å². The summed E-state index contributed by atoms with van der Waals surface area (Å²) in [6.07, 6.45) is 1.77. The summed E-state index contributed by atoms with van der Waals surface area (Å²) in [5.41, 5.74) is 5.93. The number of carbonyl (C=O) groups excluding carboxylic acids is 2. The van der Waals surface area contributed by atoms with Crippen LogP contribution in [0, 0.1) is 0 Å². The Balaban J connectivity index is 2.53. The molecule has 1 rings (SSSR count). The van der Waals surface area contributed by atoms with Gasteiger partial charge in [0.1, 0.15) is 5.56 Å². The Hall–Kier alpha value is -2.05. The minimum atomic E-state index is -0.324. The monoisotopic (exact) mass is 267 g/mol. The topological polar surface area (TPSA) is 102 Å². The molecule has 1 aromatic heterocycles. The number of rotatable bonds is 5. The van der Waals surface area contributed by atoms with Gasteiger partial charge in [0.05, 0.1) is 0 Å². The molecule has 1 aromatic rings. The maximum absolute atomic E-state index is 11.9. The van der Waals surface area contributed by atoms with Crippen molar-refractivity contribution in [3.05, 3.63) is 11.8 Å². The number of aromatic nitrogens is 2. The summed E-state index contributed by atoms with van der Waals surface area (Å²) < 4.78 is 1.47. The largest absolute Gasteiger partial charge is 0.382 e. The van der Waals surface area contributed by atoms with Crippen LogP contribution in [0.4, 0.5) is 5.82 Å². The summed E-state index contributed by atoms with van der Waals surface area (Å²) in [5, 5.41) is 9.39. The van der Waals surface area contributed by atoms with Crippen molar-refractivity contribution < 1.29 is 9.59 Å². The standard InChI is InChI=1S/C12H21N5O2/c1-7(2)14-10(18)5-8(3)15-12(19)9-6-17(4)16-11(9)13/h6-8H,5H2,1-4H3,(H2,13,16)(H,14,18)(H,15,19). The van der Waals surface area contributed by atoms with E-state index >= 15 is 0 Å². The Kier molecular flexibility index (Phi) is 4.91. The van der Waals surface area contributed by atoms with Gasteiger partial charge in [-0.3, -0.25) is 14.3 Å².